The van der Waals surface area contributed by atoms with E-state index in [1.54, 1.807) is 30.3 Å². The molecule has 2 aromatic carbocycles. The Bertz CT molecular complexity index is 1060. The van der Waals surface area contributed by atoms with Gasteiger partial charge in [-0.25, -0.2) is 4.39 Å². The largest absolute Gasteiger partial charge is 0.454 e. The monoisotopic (exact) mass is 453 g/mol. The average molecular weight is 454 g/mol. The average Bonchev–Trinajstić information content (AvgIpc) is 3.39. The molecule has 2 saturated heterocycles. The minimum atomic E-state index is -0.522. The second-order valence-corrected chi connectivity index (χ2v) is 9.31. The van der Waals surface area contributed by atoms with Crippen LogP contribution in [0.3, 0.4) is 0 Å². The van der Waals surface area contributed by atoms with E-state index in [1.807, 2.05) is 23.6 Å². The van der Waals surface area contributed by atoms with Crippen LogP contribution in [0.5, 0.6) is 11.5 Å². The molecule has 33 heavy (non-hydrogen) atoms. The molecule has 3 aliphatic heterocycles. The van der Waals surface area contributed by atoms with Crippen molar-refractivity contribution in [1.82, 2.24) is 15.1 Å². The zero-order chi connectivity index (χ0) is 23.2. The van der Waals surface area contributed by atoms with E-state index in [4.69, 9.17) is 9.47 Å². The SMILES string of the molecule is CC(C)[C@H]1NC2(CCN(C(=O)c3ccc4c(c3)OCO4)CC2)N(Cc2ccc(F)cc2)C1=O. The topological polar surface area (TPSA) is 71.1 Å². The number of halogens is 1. The summed E-state index contributed by atoms with van der Waals surface area (Å²) in [5, 5.41) is 3.60. The number of likely N-dealkylation sites (tertiary alicyclic amines) is 1. The van der Waals surface area contributed by atoms with Gasteiger partial charge in [-0.1, -0.05) is 26.0 Å². The number of benzene rings is 2. The summed E-state index contributed by atoms with van der Waals surface area (Å²) in [6.45, 7) is 5.69. The van der Waals surface area contributed by atoms with Gasteiger partial charge in [0.15, 0.2) is 11.5 Å². The fourth-order valence-electron chi connectivity index (χ4n) is 4.97. The van der Waals surface area contributed by atoms with Crippen LogP contribution in [0.25, 0.3) is 0 Å². The molecule has 0 aliphatic carbocycles. The molecule has 8 heteroatoms. The summed E-state index contributed by atoms with van der Waals surface area (Å²) < 4.78 is 24.1. The number of rotatable bonds is 4. The Morgan fingerprint density at radius 3 is 2.52 bits per heavy atom. The molecule has 2 fully saturated rings. The highest BCUT2D eigenvalue weighted by Gasteiger charge is 2.52. The lowest BCUT2D eigenvalue weighted by molar-refractivity contribution is -0.134. The third-order valence-electron chi connectivity index (χ3n) is 6.89. The van der Waals surface area contributed by atoms with Crippen LogP contribution in [0.2, 0.25) is 0 Å². The molecule has 7 nitrogen and oxygen atoms in total. The smallest absolute Gasteiger partial charge is 0.253 e. The number of piperidine rings is 1. The Labute approximate surface area is 192 Å². The third-order valence-corrected chi connectivity index (χ3v) is 6.89. The van der Waals surface area contributed by atoms with Gasteiger partial charge in [-0.15, -0.1) is 0 Å². The molecule has 1 N–H and O–H groups in total. The predicted octanol–water partition coefficient (Wildman–Crippen LogP) is 3.14. The van der Waals surface area contributed by atoms with Crippen LogP contribution in [0.1, 0.15) is 42.6 Å². The molecule has 1 spiro atoms. The maximum atomic E-state index is 13.4. The summed E-state index contributed by atoms with van der Waals surface area (Å²) in [5.41, 5.74) is 0.926. The molecule has 0 unspecified atom stereocenters. The van der Waals surface area contributed by atoms with E-state index in [1.165, 1.54) is 12.1 Å². The van der Waals surface area contributed by atoms with Gasteiger partial charge in [0, 0.05) is 38.0 Å². The first kappa shape index (κ1) is 21.7. The minimum Gasteiger partial charge on any atom is -0.454 e. The number of hydrogen-bond acceptors (Lipinski definition) is 5. The van der Waals surface area contributed by atoms with Crippen molar-refractivity contribution in [3.05, 3.63) is 59.4 Å². The van der Waals surface area contributed by atoms with Crippen molar-refractivity contribution >= 4 is 11.8 Å². The molecule has 0 saturated carbocycles. The van der Waals surface area contributed by atoms with Crippen LogP contribution in [0, 0.1) is 11.7 Å². The predicted molar refractivity (Wildman–Crippen MR) is 119 cm³/mol. The number of carbonyl (C=O) groups excluding carboxylic acids is 2. The van der Waals surface area contributed by atoms with Crippen molar-refractivity contribution in [3.63, 3.8) is 0 Å². The van der Waals surface area contributed by atoms with Crippen molar-refractivity contribution in [2.45, 2.75) is 44.9 Å². The second-order valence-electron chi connectivity index (χ2n) is 9.31. The molecule has 1 atom stereocenters. The van der Waals surface area contributed by atoms with Gasteiger partial charge in [0.05, 0.1) is 11.7 Å². The maximum absolute atomic E-state index is 13.4. The first-order valence-corrected chi connectivity index (χ1v) is 11.4. The van der Waals surface area contributed by atoms with E-state index in [-0.39, 0.29) is 36.4 Å². The normalized spacial score (nSPS) is 21.3. The Balaban J connectivity index is 1.33. The van der Waals surface area contributed by atoms with Crippen LogP contribution in [0.4, 0.5) is 4.39 Å². The van der Waals surface area contributed by atoms with E-state index >= 15 is 0 Å². The summed E-state index contributed by atoms with van der Waals surface area (Å²) >= 11 is 0. The van der Waals surface area contributed by atoms with Crippen LogP contribution in [-0.4, -0.2) is 53.2 Å². The van der Waals surface area contributed by atoms with E-state index in [9.17, 15) is 14.0 Å². The standard InChI is InChI=1S/C25H28FN3O4/c1-16(2)22-24(31)29(14-17-3-6-19(26)7-4-17)25(27-22)9-11-28(12-10-25)23(30)18-5-8-20-21(13-18)33-15-32-20/h3-8,13,16,22,27H,9-12,14-15H2,1-2H3/t22-/m1/s1. The summed E-state index contributed by atoms with van der Waals surface area (Å²) in [7, 11) is 0. The summed E-state index contributed by atoms with van der Waals surface area (Å²) in [6.07, 6.45) is 1.25. The number of ether oxygens (including phenoxy) is 2. The fraction of sp³-hybridized carbons (Fsp3) is 0.440. The van der Waals surface area contributed by atoms with Crippen LogP contribution < -0.4 is 14.8 Å². The molecule has 0 aromatic heterocycles. The van der Waals surface area contributed by atoms with Gasteiger partial charge in [0.1, 0.15) is 5.82 Å². The molecule has 2 aromatic rings. The Morgan fingerprint density at radius 2 is 1.82 bits per heavy atom. The first-order valence-electron chi connectivity index (χ1n) is 11.4. The van der Waals surface area contributed by atoms with Gasteiger partial charge in [0.25, 0.3) is 5.91 Å². The van der Waals surface area contributed by atoms with Crippen molar-refractivity contribution in [3.8, 4) is 11.5 Å². The number of nitrogens with zero attached hydrogens (tertiary/aromatic N) is 2. The fourth-order valence-corrected chi connectivity index (χ4v) is 4.97. The minimum absolute atomic E-state index is 0.0574. The second kappa shape index (κ2) is 8.33. The Kier molecular flexibility index (Phi) is 5.48. The van der Waals surface area contributed by atoms with E-state index < -0.39 is 5.66 Å². The zero-order valence-electron chi connectivity index (χ0n) is 18.8. The maximum Gasteiger partial charge on any atom is 0.253 e. The number of hydrogen-bond donors (Lipinski definition) is 1. The lowest BCUT2D eigenvalue weighted by atomic mass is 9.94. The number of fused-ring (bicyclic) bond motifs is 1. The molecule has 0 radical (unpaired) electrons. The molecule has 3 aliphatic rings. The summed E-state index contributed by atoms with van der Waals surface area (Å²) in [5.74, 6) is 1.08. The van der Waals surface area contributed by atoms with Crippen molar-refractivity contribution in [2.24, 2.45) is 5.92 Å². The Hall–Kier alpha value is -3.13. The van der Waals surface area contributed by atoms with E-state index in [0.29, 0.717) is 49.5 Å². The summed E-state index contributed by atoms with van der Waals surface area (Å²) in [6, 6.07) is 11.2. The van der Waals surface area contributed by atoms with Crippen LogP contribution >= 0.6 is 0 Å². The molecule has 0 bridgehead atoms. The van der Waals surface area contributed by atoms with E-state index in [0.717, 1.165) is 5.56 Å². The van der Waals surface area contributed by atoms with Gasteiger partial charge >= 0.3 is 0 Å². The molecule has 2 amide bonds. The molecule has 5 rings (SSSR count). The van der Waals surface area contributed by atoms with Crippen molar-refractivity contribution < 1.29 is 23.5 Å². The highest BCUT2D eigenvalue weighted by atomic mass is 19.1. The van der Waals surface area contributed by atoms with Gasteiger partial charge in [0.2, 0.25) is 12.7 Å². The van der Waals surface area contributed by atoms with E-state index in [2.05, 4.69) is 5.32 Å². The summed E-state index contributed by atoms with van der Waals surface area (Å²) in [4.78, 5) is 30.2. The van der Waals surface area contributed by atoms with Crippen molar-refractivity contribution in [1.29, 1.82) is 0 Å². The van der Waals surface area contributed by atoms with Gasteiger partial charge in [-0.3, -0.25) is 14.9 Å². The quantitative estimate of drug-likeness (QED) is 0.770. The van der Waals surface area contributed by atoms with Gasteiger partial charge in [-0.05, 0) is 41.8 Å². The first-order chi connectivity index (χ1) is 15.9. The lowest BCUT2D eigenvalue weighted by Crippen LogP contribution is -2.59. The zero-order valence-corrected chi connectivity index (χ0v) is 18.8. The van der Waals surface area contributed by atoms with Crippen molar-refractivity contribution in [2.75, 3.05) is 19.9 Å². The third kappa shape index (κ3) is 3.93. The number of amides is 2. The molecule has 3 heterocycles. The lowest BCUT2D eigenvalue weighted by Gasteiger charge is -2.44. The highest BCUT2D eigenvalue weighted by Crippen LogP contribution is 2.37. The molecular formula is C25H28FN3O4. The molecular weight excluding hydrogens is 425 g/mol. The molecule has 174 valence electrons. The van der Waals surface area contributed by atoms with Gasteiger partial charge < -0.3 is 19.3 Å². The Morgan fingerprint density at radius 1 is 1.12 bits per heavy atom. The van der Waals surface area contributed by atoms with Crippen LogP contribution in [-0.2, 0) is 11.3 Å². The van der Waals surface area contributed by atoms with Crippen LogP contribution in [0.15, 0.2) is 42.5 Å². The highest BCUT2D eigenvalue weighted by molar-refractivity contribution is 5.95. The van der Waals surface area contributed by atoms with Gasteiger partial charge in [-0.2, -0.15) is 0 Å². The number of nitrogens with one attached hydrogen (secondary N) is 1. The number of carbonyl (C=O) groups is 2.